The van der Waals surface area contributed by atoms with Crippen molar-refractivity contribution in [3.8, 4) is 11.1 Å². The summed E-state index contributed by atoms with van der Waals surface area (Å²) in [5, 5.41) is 0. The molecular weight excluding hydrogens is 623 g/mol. The van der Waals surface area contributed by atoms with Gasteiger partial charge >= 0.3 is 242 Å². The van der Waals surface area contributed by atoms with Gasteiger partial charge in [-0.05, 0) is 0 Å². The van der Waals surface area contributed by atoms with Gasteiger partial charge in [-0.15, -0.1) is 0 Å². The molecule has 4 aliphatic rings. The molecule has 4 heteroatoms. The van der Waals surface area contributed by atoms with Gasteiger partial charge in [0.15, 0.2) is 0 Å². The van der Waals surface area contributed by atoms with E-state index in [4.69, 9.17) is 0 Å². The van der Waals surface area contributed by atoms with Gasteiger partial charge in [-0.25, -0.2) is 0 Å². The van der Waals surface area contributed by atoms with Gasteiger partial charge in [0.05, 0.1) is 0 Å². The summed E-state index contributed by atoms with van der Waals surface area (Å²) >= 11 is -2.11. The number of rotatable bonds is 4. The molecule has 2 saturated carbocycles. The SMILES string of the molecule is CC(C)(C)c1ccc2c(c1)[CH]([Zr+2]([C]1=CC=CC1)=[Si](C1CCCC1)C1CCCC1)c1cc(C(C)(C)C)ccc1-2.[Cl-].[Cl-]. The van der Waals surface area contributed by atoms with Crippen LogP contribution in [-0.4, -0.2) is 5.43 Å². The summed E-state index contributed by atoms with van der Waals surface area (Å²) in [7, 11) is 0. The fraction of sp³-hybridized carbons (Fsp3) is 0.556. The number of hydrogen-bond acceptors (Lipinski definition) is 0. The summed E-state index contributed by atoms with van der Waals surface area (Å²) in [6.45, 7) is 14.4. The molecule has 214 valence electrons. The third-order valence-corrected chi connectivity index (χ3v) is 33.4. The first-order chi connectivity index (χ1) is 18.1. The van der Waals surface area contributed by atoms with Gasteiger partial charge in [-0.1, -0.05) is 0 Å². The summed E-state index contributed by atoms with van der Waals surface area (Å²) in [5.74, 6) is 0. The van der Waals surface area contributed by atoms with Gasteiger partial charge in [0, 0.05) is 0 Å². The number of fused-ring (bicyclic) bond motifs is 3. The van der Waals surface area contributed by atoms with Crippen LogP contribution in [0.5, 0.6) is 0 Å². The predicted molar refractivity (Wildman–Crippen MR) is 163 cm³/mol. The van der Waals surface area contributed by atoms with E-state index in [1.54, 1.807) is 47.9 Å². The van der Waals surface area contributed by atoms with E-state index in [0.717, 1.165) is 11.1 Å². The number of halogens is 2. The molecule has 0 N–H and O–H groups in total. The van der Waals surface area contributed by atoms with Crippen molar-refractivity contribution in [2.45, 2.75) is 125 Å². The zero-order valence-corrected chi connectivity index (χ0v) is 30.5. The Morgan fingerprint density at radius 3 is 1.50 bits per heavy atom. The molecular formula is C36H48Cl2SiZr. The van der Waals surface area contributed by atoms with Crippen molar-refractivity contribution in [2.24, 2.45) is 0 Å². The maximum atomic E-state index is 2.70. The molecule has 4 aliphatic carbocycles. The van der Waals surface area contributed by atoms with Crippen LogP contribution in [0.2, 0.25) is 11.1 Å². The molecule has 0 unspecified atom stereocenters. The van der Waals surface area contributed by atoms with Crippen molar-refractivity contribution in [3.05, 3.63) is 80.2 Å². The van der Waals surface area contributed by atoms with Gasteiger partial charge in [-0.3, -0.25) is 0 Å². The fourth-order valence-electron chi connectivity index (χ4n) is 7.94. The molecule has 0 bridgehead atoms. The van der Waals surface area contributed by atoms with Crippen molar-refractivity contribution >= 4 is 5.43 Å². The fourth-order valence-corrected chi connectivity index (χ4v) is 36.2. The Morgan fingerprint density at radius 2 is 1.12 bits per heavy atom. The summed E-state index contributed by atoms with van der Waals surface area (Å²) in [6.07, 6.45) is 21.0. The average Bonchev–Trinajstić information content (AvgIpc) is 3.68. The monoisotopic (exact) mass is 668 g/mol. The number of hydrogen-bond donors (Lipinski definition) is 0. The molecule has 0 spiro atoms. The maximum absolute atomic E-state index is 2.70. The second-order valence-corrected chi connectivity index (χ2v) is 29.7. The van der Waals surface area contributed by atoms with Gasteiger partial charge in [-0.2, -0.15) is 0 Å². The largest absolute Gasteiger partial charge is 1.00 e. The second-order valence-electron chi connectivity index (χ2n) is 14.7. The van der Waals surface area contributed by atoms with Crippen molar-refractivity contribution < 1.29 is 45.2 Å². The molecule has 0 nitrogen and oxygen atoms in total. The minimum absolute atomic E-state index is 0. The zero-order valence-electron chi connectivity index (χ0n) is 25.5. The first kappa shape index (κ1) is 32.5. The van der Waals surface area contributed by atoms with Gasteiger partial charge in [0.1, 0.15) is 0 Å². The third-order valence-electron chi connectivity index (χ3n) is 10.1. The first-order valence-corrected chi connectivity index (χ1v) is 23.5. The van der Waals surface area contributed by atoms with E-state index in [2.05, 4.69) is 96.2 Å². The molecule has 0 aromatic heterocycles. The maximum Gasteiger partial charge on any atom is -1.00 e. The molecule has 0 amide bonds. The summed E-state index contributed by atoms with van der Waals surface area (Å²) in [6, 6.07) is 15.3. The molecule has 0 radical (unpaired) electrons. The van der Waals surface area contributed by atoms with Crippen LogP contribution in [0.15, 0.2) is 57.9 Å². The zero-order chi connectivity index (χ0) is 26.7. The van der Waals surface area contributed by atoms with Crippen LogP contribution in [0, 0.1) is 0 Å². The predicted octanol–water partition coefficient (Wildman–Crippen LogP) is 4.70. The molecule has 2 aromatic carbocycles. The summed E-state index contributed by atoms with van der Waals surface area (Å²) in [4.78, 5) is 0. The molecule has 0 aliphatic heterocycles. The van der Waals surface area contributed by atoms with Crippen molar-refractivity contribution in [2.75, 3.05) is 0 Å². The van der Waals surface area contributed by atoms with Crippen molar-refractivity contribution in [1.82, 2.24) is 0 Å². The molecule has 0 atom stereocenters. The van der Waals surface area contributed by atoms with Crippen LogP contribution < -0.4 is 24.8 Å². The van der Waals surface area contributed by atoms with Crippen LogP contribution in [0.3, 0.4) is 0 Å². The van der Waals surface area contributed by atoms with Crippen molar-refractivity contribution in [1.29, 1.82) is 0 Å². The molecule has 0 saturated heterocycles. The summed E-state index contributed by atoms with van der Waals surface area (Å²) < 4.78 is 2.68. The van der Waals surface area contributed by atoms with Gasteiger partial charge in [0.25, 0.3) is 0 Å². The average molecular weight is 671 g/mol. The van der Waals surface area contributed by atoms with Gasteiger partial charge in [0.2, 0.25) is 0 Å². The van der Waals surface area contributed by atoms with E-state index in [0.29, 0.717) is 3.63 Å². The Bertz CT molecular complexity index is 1240. The smallest absolute Gasteiger partial charge is 1.00 e. The number of benzene rings is 2. The topological polar surface area (TPSA) is 0 Å². The van der Waals surface area contributed by atoms with Crippen LogP contribution >= 0.6 is 0 Å². The molecule has 2 fully saturated rings. The molecule has 2 aromatic rings. The van der Waals surface area contributed by atoms with E-state index in [9.17, 15) is 0 Å². The third kappa shape index (κ3) is 6.14. The molecule has 40 heavy (non-hydrogen) atoms. The van der Waals surface area contributed by atoms with E-state index in [1.165, 1.54) is 43.2 Å². The van der Waals surface area contributed by atoms with Crippen molar-refractivity contribution in [3.63, 3.8) is 0 Å². The standard InChI is InChI=1S/C21H25.C10H18Si.C5H5.2ClH.Zr/c1-20(2,3)16-7-9-18-14(12-16)11-15-13-17(21(4,5)6)8-10-19(15)18;1-2-6-9(5-1)11-10-7-3-4-8-10;1-2-4-5-3-1;;;/h7-13H,1-6H3;9-10H,1-8H2;1-3H,4H2;2*1H;/q;;;;;+2/p-2. The van der Waals surface area contributed by atoms with Crippen LogP contribution in [0.25, 0.3) is 11.1 Å². The van der Waals surface area contributed by atoms with Gasteiger partial charge < -0.3 is 24.8 Å². The minimum Gasteiger partial charge on any atom is -1.00 e. The first-order valence-electron chi connectivity index (χ1n) is 15.5. The minimum atomic E-state index is -2.11. The van der Waals surface area contributed by atoms with Crippen LogP contribution in [0.1, 0.15) is 125 Å². The quantitative estimate of drug-likeness (QED) is 0.414. The Morgan fingerprint density at radius 1 is 0.675 bits per heavy atom. The number of allylic oxidation sites excluding steroid dienone is 4. The molecule has 0 heterocycles. The van der Waals surface area contributed by atoms with Crippen LogP contribution in [0.4, 0.5) is 0 Å². The Hall–Kier alpha value is -0.400. The Balaban J connectivity index is 0.00000185. The Kier molecular flexibility index (Phi) is 10.3. The second kappa shape index (κ2) is 12.7. The summed E-state index contributed by atoms with van der Waals surface area (Å²) in [5.41, 5.74) is 11.8. The van der Waals surface area contributed by atoms with E-state index in [1.807, 2.05) is 3.28 Å². The Labute approximate surface area is 264 Å². The van der Waals surface area contributed by atoms with E-state index in [-0.39, 0.29) is 35.6 Å². The normalized spacial score (nSPS) is 19.0. The molecule has 6 rings (SSSR count). The van der Waals surface area contributed by atoms with E-state index < -0.39 is 25.8 Å². The van der Waals surface area contributed by atoms with Crippen LogP contribution in [-0.2, 0) is 31.2 Å². The van der Waals surface area contributed by atoms with E-state index >= 15 is 0 Å².